The van der Waals surface area contributed by atoms with Crippen molar-refractivity contribution in [2.24, 2.45) is 5.92 Å². The van der Waals surface area contributed by atoms with Crippen molar-refractivity contribution < 1.29 is 0 Å². The summed E-state index contributed by atoms with van der Waals surface area (Å²) in [4.78, 5) is 0. The fourth-order valence-corrected chi connectivity index (χ4v) is 2.27. The first kappa shape index (κ1) is 10.5. The molecule has 0 saturated carbocycles. The minimum Gasteiger partial charge on any atom is -0.385 e. The van der Waals surface area contributed by atoms with Crippen molar-refractivity contribution >= 4 is 5.69 Å². The number of aryl methyl sites for hydroxylation is 1. The number of fused-ring (bicyclic) bond motifs is 1. The first-order chi connectivity index (χ1) is 7.31. The van der Waals surface area contributed by atoms with Gasteiger partial charge in [0.1, 0.15) is 0 Å². The molecule has 1 aromatic rings. The first-order valence-corrected chi connectivity index (χ1v) is 6.16. The second-order valence-corrected chi connectivity index (χ2v) is 4.70. The Balaban J connectivity index is 2.23. The maximum Gasteiger partial charge on any atom is 0.0405 e. The van der Waals surface area contributed by atoms with Gasteiger partial charge < -0.3 is 5.32 Å². The minimum atomic E-state index is 0.792. The molecule has 1 aliphatic heterocycles. The van der Waals surface area contributed by atoms with Crippen LogP contribution in [0.4, 0.5) is 5.69 Å². The van der Waals surface area contributed by atoms with Crippen LogP contribution in [0.2, 0.25) is 0 Å². The SMILES string of the molecule is CCC(C)Cc1cccc2c1NCCC2. The van der Waals surface area contributed by atoms with E-state index in [1.165, 1.54) is 42.5 Å². The van der Waals surface area contributed by atoms with Gasteiger partial charge in [-0.2, -0.15) is 0 Å². The van der Waals surface area contributed by atoms with E-state index in [0.29, 0.717) is 0 Å². The highest BCUT2D eigenvalue weighted by atomic mass is 14.9. The van der Waals surface area contributed by atoms with Crippen molar-refractivity contribution in [3.05, 3.63) is 29.3 Å². The van der Waals surface area contributed by atoms with Crippen molar-refractivity contribution in [2.45, 2.75) is 39.5 Å². The van der Waals surface area contributed by atoms with Crippen molar-refractivity contribution in [1.29, 1.82) is 0 Å². The van der Waals surface area contributed by atoms with E-state index in [4.69, 9.17) is 0 Å². The predicted molar refractivity (Wildman–Crippen MR) is 66.4 cm³/mol. The molecule has 1 heteroatoms. The van der Waals surface area contributed by atoms with Crippen LogP contribution in [-0.4, -0.2) is 6.54 Å². The largest absolute Gasteiger partial charge is 0.385 e. The molecule has 82 valence electrons. The van der Waals surface area contributed by atoms with Crippen LogP contribution in [0.15, 0.2) is 18.2 Å². The van der Waals surface area contributed by atoms with E-state index in [-0.39, 0.29) is 0 Å². The van der Waals surface area contributed by atoms with Gasteiger partial charge in [-0.15, -0.1) is 0 Å². The molecule has 0 radical (unpaired) electrons. The van der Waals surface area contributed by atoms with Crippen molar-refractivity contribution in [1.82, 2.24) is 0 Å². The summed E-state index contributed by atoms with van der Waals surface area (Å²) in [5.74, 6) is 0.792. The number of hydrogen-bond donors (Lipinski definition) is 1. The van der Waals surface area contributed by atoms with Crippen LogP contribution in [0.1, 0.15) is 37.8 Å². The second kappa shape index (κ2) is 4.69. The van der Waals surface area contributed by atoms with E-state index < -0.39 is 0 Å². The highest BCUT2D eigenvalue weighted by Gasteiger charge is 2.13. The highest BCUT2D eigenvalue weighted by Crippen LogP contribution is 2.28. The monoisotopic (exact) mass is 203 g/mol. The Morgan fingerprint density at radius 1 is 1.40 bits per heavy atom. The topological polar surface area (TPSA) is 12.0 Å². The number of rotatable bonds is 3. The van der Waals surface area contributed by atoms with E-state index >= 15 is 0 Å². The van der Waals surface area contributed by atoms with E-state index in [1.807, 2.05) is 0 Å². The third-order valence-electron chi connectivity index (χ3n) is 3.43. The van der Waals surface area contributed by atoms with Crippen LogP contribution < -0.4 is 5.32 Å². The van der Waals surface area contributed by atoms with Crippen molar-refractivity contribution in [3.8, 4) is 0 Å². The van der Waals surface area contributed by atoms with Crippen molar-refractivity contribution in [2.75, 3.05) is 11.9 Å². The lowest BCUT2D eigenvalue weighted by atomic mass is 9.93. The molecule has 0 saturated heterocycles. The molecule has 0 amide bonds. The van der Waals surface area contributed by atoms with Gasteiger partial charge in [-0.3, -0.25) is 0 Å². The zero-order chi connectivity index (χ0) is 10.7. The van der Waals surface area contributed by atoms with Gasteiger partial charge in [0.25, 0.3) is 0 Å². The molecule has 0 fully saturated rings. The number of hydrogen-bond acceptors (Lipinski definition) is 1. The normalized spacial score (nSPS) is 16.7. The smallest absolute Gasteiger partial charge is 0.0405 e. The van der Waals surface area contributed by atoms with Crippen molar-refractivity contribution in [3.63, 3.8) is 0 Å². The Morgan fingerprint density at radius 2 is 2.27 bits per heavy atom. The molecule has 1 unspecified atom stereocenters. The molecular formula is C14H21N. The molecule has 2 rings (SSSR count). The van der Waals surface area contributed by atoms with E-state index in [9.17, 15) is 0 Å². The third-order valence-corrected chi connectivity index (χ3v) is 3.43. The van der Waals surface area contributed by atoms with Crippen LogP contribution in [0.25, 0.3) is 0 Å². The average molecular weight is 203 g/mol. The number of nitrogens with one attached hydrogen (secondary N) is 1. The standard InChI is InChI=1S/C14H21N/c1-3-11(2)10-13-7-4-6-12-8-5-9-15-14(12)13/h4,6-7,11,15H,3,5,8-10H2,1-2H3. The van der Waals surface area contributed by atoms with Crippen LogP contribution >= 0.6 is 0 Å². The summed E-state index contributed by atoms with van der Waals surface area (Å²) in [6.07, 6.45) is 5.01. The molecule has 1 nitrogen and oxygen atoms in total. The quantitative estimate of drug-likeness (QED) is 0.791. The van der Waals surface area contributed by atoms with Gasteiger partial charge in [0.15, 0.2) is 0 Å². The van der Waals surface area contributed by atoms with Gasteiger partial charge in [-0.25, -0.2) is 0 Å². The zero-order valence-electron chi connectivity index (χ0n) is 9.84. The van der Waals surface area contributed by atoms with E-state index in [1.54, 1.807) is 0 Å². The van der Waals surface area contributed by atoms with E-state index in [2.05, 4.69) is 37.4 Å². The lowest BCUT2D eigenvalue weighted by Crippen LogP contribution is -2.14. The number of benzene rings is 1. The number of para-hydroxylation sites is 1. The fraction of sp³-hybridized carbons (Fsp3) is 0.571. The molecule has 0 spiro atoms. The lowest BCUT2D eigenvalue weighted by Gasteiger charge is -2.22. The summed E-state index contributed by atoms with van der Waals surface area (Å²) in [5, 5.41) is 3.56. The van der Waals surface area contributed by atoms with Gasteiger partial charge in [-0.1, -0.05) is 38.5 Å². The molecule has 15 heavy (non-hydrogen) atoms. The molecule has 1 aromatic carbocycles. The summed E-state index contributed by atoms with van der Waals surface area (Å²) in [5.41, 5.74) is 4.47. The zero-order valence-corrected chi connectivity index (χ0v) is 9.84. The molecule has 1 aliphatic rings. The fourth-order valence-electron chi connectivity index (χ4n) is 2.27. The van der Waals surface area contributed by atoms with E-state index in [0.717, 1.165) is 12.5 Å². The Morgan fingerprint density at radius 3 is 3.07 bits per heavy atom. The minimum absolute atomic E-state index is 0.792. The molecule has 1 heterocycles. The second-order valence-electron chi connectivity index (χ2n) is 4.70. The average Bonchev–Trinajstić information content (AvgIpc) is 2.29. The summed E-state index contributed by atoms with van der Waals surface area (Å²) in [6.45, 7) is 5.75. The molecule has 0 aromatic heterocycles. The van der Waals surface area contributed by atoms with Crippen LogP contribution in [0, 0.1) is 5.92 Å². The number of anilines is 1. The van der Waals surface area contributed by atoms with Gasteiger partial charge in [-0.05, 0) is 36.3 Å². The third kappa shape index (κ3) is 2.34. The summed E-state index contributed by atoms with van der Waals surface area (Å²) in [6, 6.07) is 6.76. The van der Waals surface area contributed by atoms with Gasteiger partial charge >= 0.3 is 0 Å². The van der Waals surface area contributed by atoms with Gasteiger partial charge in [0, 0.05) is 12.2 Å². The Kier molecular flexibility index (Phi) is 3.30. The highest BCUT2D eigenvalue weighted by molar-refractivity contribution is 5.59. The van der Waals surface area contributed by atoms with Crippen LogP contribution in [0.5, 0.6) is 0 Å². The lowest BCUT2D eigenvalue weighted by molar-refractivity contribution is 0.560. The summed E-state index contributed by atoms with van der Waals surface area (Å²) < 4.78 is 0. The van der Waals surface area contributed by atoms with Crippen LogP contribution in [-0.2, 0) is 12.8 Å². The van der Waals surface area contributed by atoms with Gasteiger partial charge in [0.2, 0.25) is 0 Å². The van der Waals surface area contributed by atoms with Crippen LogP contribution in [0.3, 0.4) is 0 Å². The molecule has 1 N–H and O–H groups in total. The van der Waals surface area contributed by atoms with Gasteiger partial charge in [0.05, 0.1) is 0 Å². The molecule has 0 bridgehead atoms. The summed E-state index contributed by atoms with van der Waals surface area (Å²) >= 11 is 0. The Bertz CT molecular complexity index is 330. The maximum absolute atomic E-state index is 3.56. The maximum atomic E-state index is 3.56. The predicted octanol–water partition coefficient (Wildman–Crippen LogP) is 3.63. The molecule has 1 atom stereocenters. The molecular weight excluding hydrogens is 182 g/mol. The Labute approximate surface area is 92.9 Å². The molecule has 0 aliphatic carbocycles. The Hall–Kier alpha value is -0.980. The summed E-state index contributed by atoms with van der Waals surface area (Å²) in [7, 11) is 0. The first-order valence-electron chi connectivity index (χ1n) is 6.16.